The lowest BCUT2D eigenvalue weighted by Gasteiger charge is -2.07. The van der Waals surface area contributed by atoms with Gasteiger partial charge in [0.1, 0.15) is 11.6 Å². The van der Waals surface area contributed by atoms with E-state index >= 15 is 0 Å². The van der Waals surface area contributed by atoms with E-state index in [2.05, 4.69) is 19.6 Å². The van der Waals surface area contributed by atoms with Gasteiger partial charge in [0.25, 0.3) is 0 Å². The zero-order chi connectivity index (χ0) is 15.5. The van der Waals surface area contributed by atoms with E-state index in [-0.39, 0.29) is 0 Å². The highest BCUT2D eigenvalue weighted by Crippen LogP contribution is 2.32. The Labute approximate surface area is 136 Å². The second-order valence-corrected chi connectivity index (χ2v) is 6.46. The van der Waals surface area contributed by atoms with Crippen LogP contribution in [0.15, 0.2) is 33.8 Å². The largest absolute Gasteiger partial charge is 0.496 e. The van der Waals surface area contributed by atoms with Crippen molar-refractivity contribution in [1.82, 2.24) is 24.1 Å². The predicted molar refractivity (Wildman–Crippen MR) is 86.4 cm³/mol. The molecule has 22 heavy (non-hydrogen) atoms. The molecule has 2 aromatic heterocycles. The average molecular weight is 333 g/mol. The van der Waals surface area contributed by atoms with Crippen molar-refractivity contribution in [2.24, 2.45) is 7.05 Å². The first kappa shape index (κ1) is 15.0. The van der Waals surface area contributed by atoms with E-state index in [9.17, 15) is 0 Å². The van der Waals surface area contributed by atoms with Crippen LogP contribution in [0.2, 0.25) is 0 Å². The molecule has 0 fully saturated rings. The van der Waals surface area contributed by atoms with Crippen LogP contribution in [0.25, 0.3) is 11.4 Å². The Kier molecular flexibility index (Phi) is 4.39. The number of rotatable bonds is 5. The van der Waals surface area contributed by atoms with E-state index in [0.29, 0.717) is 0 Å². The molecule has 0 aliphatic carbocycles. The predicted octanol–water partition coefficient (Wildman–Crippen LogP) is 3.06. The molecule has 0 saturated carbocycles. The molecule has 0 saturated heterocycles. The van der Waals surface area contributed by atoms with Crippen molar-refractivity contribution in [3.8, 4) is 17.1 Å². The Bertz CT molecular complexity index is 783. The lowest BCUT2D eigenvalue weighted by atomic mass is 10.2. The number of hydrogen-bond donors (Lipinski definition) is 0. The van der Waals surface area contributed by atoms with Gasteiger partial charge >= 0.3 is 0 Å². The summed E-state index contributed by atoms with van der Waals surface area (Å²) in [5, 5.41) is 9.32. The summed E-state index contributed by atoms with van der Waals surface area (Å²) in [4.78, 5) is 4.45. The summed E-state index contributed by atoms with van der Waals surface area (Å²) in [6.07, 6.45) is 0.836. The van der Waals surface area contributed by atoms with Gasteiger partial charge in [0.2, 0.25) is 0 Å². The average Bonchev–Trinajstić information content (AvgIpc) is 3.15. The molecule has 0 bridgehead atoms. The van der Waals surface area contributed by atoms with Crippen LogP contribution in [0.5, 0.6) is 5.75 Å². The Morgan fingerprint density at radius 2 is 2.09 bits per heavy atom. The number of para-hydroxylation sites is 1. The molecule has 3 aromatic rings. The molecule has 0 spiro atoms. The Morgan fingerprint density at radius 3 is 2.82 bits per heavy atom. The van der Waals surface area contributed by atoms with Crippen LogP contribution in [-0.4, -0.2) is 31.2 Å². The smallest absolute Gasteiger partial charge is 0.198 e. The maximum absolute atomic E-state index is 5.39. The Hall–Kier alpha value is -1.93. The summed E-state index contributed by atoms with van der Waals surface area (Å²) in [5.74, 6) is 2.40. The molecule has 0 aliphatic heterocycles. The van der Waals surface area contributed by atoms with Crippen molar-refractivity contribution < 1.29 is 4.74 Å². The summed E-state index contributed by atoms with van der Waals surface area (Å²) in [7, 11) is 3.59. The number of hydrogen-bond acceptors (Lipinski definition) is 7. The van der Waals surface area contributed by atoms with Crippen molar-refractivity contribution in [2.75, 3.05) is 7.11 Å². The minimum absolute atomic E-state index is 0.764. The van der Waals surface area contributed by atoms with Crippen molar-refractivity contribution in [3.63, 3.8) is 0 Å². The number of benzene rings is 1. The topological polar surface area (TPSA) is 65.7 Å². The third kappa shape index (κ3) is 2.84. The highest BCUT2D eigenvalue weighted by atomic mass is 32.2. The molecule has 8 heteroatoms. The first-order chi connectivity index (χ1) is 10.7. The fourth-order valence-corrected chi connectivity index (χ4v) is 3.57. The van der Waals surface area contributed by atoms with Crippen LogP contribution in [0.3, 0.4) is 0 Å². The van der Waals surface area contributed by atoms with Gasteiger partial charge in [-0.25, -0.2) is 4.98 Å². The fourth-order valence-electron chi connectivity index (χ4n) is 1.97. The zero-order valence-corrected chi connectivity index (χ0v) is 14.1. The molecule has 0 amide bonds. The van der Waals surface area contributed by atoms with Gasteiger partial charge in [0, 0.05) is 13.5 Å². The van der Waals surface area contributed by atoms with Crippen molar-refractivity contribution in [3.05, 3.63) is 30.1 Å². The first-order valence-electron chi connectivity index (χ1n) is 6.76. The Balaban J connectivity index is 1.91. The number of ether oxygens (including phenoxy) is 1. The highest BCUT2D eigenvalue weighted by Gasteiger charge is 2.16. The summed E-state index contributed by atoms with van der Waals surface area (Å²) in [6, 6.07) is 7.77. The summed E-state index contributed by atoms with van der Waals surface area (Å²) in [6.45, 7) is 2.04. The van der Waals surface area contributed by atoms with Crippen molar-refractivity contribution in [2.45, 2.75) is 22.8 Å². The minimum Gasteiger partial charge on any atom is -0.496 e. The normalized spacial score (nSPS) is 10.9. The van der Waals surface area contributed by atoms with Crippen LogP contribution in [-0.2, 0) is 13.5 Å². The summed E-state index contributed by atoms with van der Waals surface area (Å²) >= 11 is 2.86. The molecule has 2 heterocycles. The van der Waals surface area contributed by atoms with Gasteiger partial charge in [-0.1, -0.05) is 19.1 Å². The molecule has 0 aliphatic rings. The van der Waals surface area contributed by atoms with E-state index in [1.54, 1.807) is 7.11 Å². The third-order valence-corrected chi connectivity index (χ3v) is 4.95. The van der Waals surface area contributed by atoms with Crippen molar-refractivity contribution in [1.29, 1.82) is 0 Å². The maximum Gasteiger partial charge on any atom is 0.198 e. The van der Waals surface area contributed by atoms with Crippen LogP contribution in [0, 0.1) is 0 Å². The standard InChI is InChI=1S/C14H15N5OS2/c1-4-11-15-14(22-18-11)21-13-17-16-12(19(13)2)9-7-5-6-8-10(9)20-3/h5-8H,4H2,1-3H3. The molecule has 3 rings (SSSR count). The van der Waals surface area contributed by atoms with Gasteiger partial charge in [0.05, 0.1) is 12.7 Å². The van der Waals surface area contributed by atoms with E-state index in [1.807, 2.05) is 42.8 Å². The summed E-state index contributed by atoms with van der Waals surface area (Å²) < 4.78 is 12.5. The SMILES string of the molecule is CCc1nsc(Sc2nnc(-c3ccccc3OC)n2C)n1. The lowest BCUT2D eigenvalue weighted by molar-refractivity contribution is 0.416. The molecular weight excluding hydrogens is 318 g/mol. The monoisotopic (exact) mass is 333 g/mol. The van der Waals surface area contributed by atoms with Crippen LogP contribution < -0.4 is 4.74 Å². The van der Waals surface area contributed by atoms with Crippen molar-refractivity contribution >= 4 is 23.3 Å². The first-order valence-corrected chi connectivity index (χ1v) is 8.35. The van der Waals surface area contributed by atoms with Crippen LogP contribution in [0.1, 0.15) is 12.7 Å². The highest BCUT2D eigenvalue weighted by molar-refractivity contribution is 8.00. The lowest BCUT2D eigenvalue weighted by Crippen LogP contribution is -1.96. The van der Waals surface area contributed by atoms with Crippen LogP contribution >= 0.6 is 23.3 Å². The van der Waals surface area contributed by atoms with Gasteiger partial charge < -0.3 is 9.30 Å². The van der Waals surface area contributed by atoms with Gasteiger partial charge in [-0.3, -0.25) is 0 Å². The maximum atomic E-state index is 5.39. The second-order valence-electron chi connectivity index (χ2n) is 4.50. The molecule has 0 N–H and O–H groups in total. The molecule has 1 aromatic carbocycles. The molecule has 114 valence electrons. The number of methoxy groups -OCH3 is 1. The molecule has 0 atom stereocenters. The number of nitrogens with zero attached hydrogens (tertiary/aromatic N) is 5. The quantitative estimate of drug-likeness (QED) is 0.715. The minimum atomic E-state index is 0.764. The van der Waals surface area contributed by atoms with Gasteiger partial charge in [-0.05, 0) is 35.4 Å². The van der Waals surface area contributed by atoms with E-state index < -0.39 is 0 Å². The second kappa shape index (κ2) is 6.45. The fraction of sp³-hybridized carbons (Fsp3) is 0.286. The molecular formula is C14H15N5OS2. The number of aryl methyl sites for hydroxylation is 1. The molecule has 0 unspecified atom stereocenters. The van der Waals surface area contributed by atoms with E-state index in [0.717, 1.165) is 38.9 Å². The van der Waals surface area contributed by atoms with Gasteiger partial charge in [0.15, 0.2) is 15.3 Å². The summed E-state index contributed by atoms with van der Waals surface area (Å²) in [5.41, 5.74) is 0.915. The van der Waals surface area contributed by atoms with Gasteiger partial charge in [-0.15, -0.1) is 10.2 Å². The van der Waals surface area contributed by atoms with E-state index in [1.165, 1.54) is 23.3 Å². The van der Waals surface area contributed by atoms with Gasteiger partial charge in [-0.2, -0.15) is 4.37 Å². The molecule has 6 nitrogen and oxygen atoms in total. The third-order valence-electron chi connectivity index (χ3n) is 3.13. The molecule has 0 radical (unpaired) electrons. The van der Waals surface area contributed by atoms with E-state index in [4.69, 9.17) is 4.74 Å². The zero-order valence-electron chi connectivity index (χ0n) is 12.5. The number of aromatic nitrogens is 5. The van der Waals surface area contributed by atoms with Crippen LogP contribution in [0.4, 0.5) is 0 Å². The Morgan fingerprint density at radius 1 is 1.27 bits per heavy atom.